The normalized spacial score (nSPS) is 31.3. The van der Waals surface area contributed by atoms with E-state index < -0.39 is 39.3 Å². The van der Waals surface area contributed by atoms with Crippen molar-refractivity contribution < 1.29 is 27.1 Å². The second-order valence-corrected chi connectivity index (χ2v) is 5.48. The molecule has 0 aromatic rings. The molecule has 1 fully saturated rings. The number of aliphatic carboxylic acids is 1. The predicted molar refractivity (Wildman–Crippen MR) is 39.3 cm³/mol. The topological polar surface area (TPSA) is 71.4 Å². The van der Waals surface area contributed by atoms with Crippen LogP contribution < -0.4 is 0 Å². The zero-order valence-electron chi connectivity index (χ0n) is 6.75. The summed E-state index contributed by atoms with van der Waals surface area (Å²) in [6.07, 6.45) is -0.144. The van der Waals surface area contributed by atoms with E-state index in [2.05, 4.69) is 0 Å². The molecule has 0 saturated heterocycles. The Bertz CT molecular complexity index is 348. The quantitative estimate of drug-likeness (QED) is 0.725. The molecule has 0 radical (unpaired) electrons. The minimum absolute atomic E-state index is 0.742. The van der Waals surface area contributed by atoms with Gasteiger partial charge in [0.15, 0.2) is 5.41 Å². The van der Waals surface area contributed by atoms with E-state index in [1.165, 1.54) is 0 Å². The number of carboxylic acid groups (broad SMARTS) is 1. The molecular weight excluding hydrogens is 206 g/mol. The highest BCUT2D eigenvalue weighted by molar-refractivity contribution is 7.90. The number of alkyl halides is 2. The van der Waals surface area contributed by atoms with E-state index in [1.54, 1.807) is 0 Å². The van der Waals surface area contributed by atoms with Crippen LogP contribution in [-0.2, 0) is 14.6 Å². The fourth-order valence-corrected chi connectivity index (χ4v) is 2.56. The monoisotopic (exact) mass is 214 g/mol. The third-order valence-corrected chi connectivity index (χ3v) is 3.03. The molecule has 76 valence electrons. The predicted octanol–water partition coefficient (Wildman–Crippen LogP) is 0.141. The van der Waals surface area contributed by atoms with E-state index in [4.69, 9.17) is 5.11 Å². The van der Waals surface area contributed by atoms with Crippen molar-refractivity contribution in [2.75, 3.05) is 12.0 Å². The van der Waals surface area contributed by atoms with Gasteiger partial charge in [0, 0.05) is 12.7 Å². The molecule has 0 aliphatic heterocycles. The molecule has 1 aliphatic carbocycles. The molecule has 13 heavy (non-hydrogen) atoms. The number of carboxylic acids is 1. The van der Waals surface area contributed by atoms with Crippen molar-refractivity contribution in [2.45, 2.75) is 12.3 Å². The molecule has 0 heterocycles. The van der Waals surface area contributed by atoms with Crippen molar-refractivity contribution in [1.82, 2.24) is 0 Å². The summed E-state index contributed by atoms with van der Waals surface area (Å²) >= 11 is 0. The Morgan fingerprint density at radius 3 is 2.00 bits per heavy atom. The number of carbonyl (C=O) groups is 1. The Kier molecular flexibility index (Phi) is 1.91. The largest absolute Gasteiger partial charge is 0.481 e. The summed E-state index contributed by atoms with van der Waals surface area (Å²) in [5.41, 5.74) is -2.37. The SMILES string of the molecule is CS(=O)(=O)CC1(C(=O)O)CC1(F)F. The summed E-state index contributed by atoms with van der Waals surface area (Å²) in [6, 6.07) is 0. The first-order valence-electron chi connectivity index (χ1n) is 3.40. The van der Waals surface area contributed by atoms with Crippen LogP contribution in [0.3, 0.4) is 0 Å². The first-order chi connectivity index (χ1) is 5.61. The van der Waals surface area contributed by atoms with E-state index in [1.807, 2.05) is 0 Å². The highest BCUT2D eigenvalue weighted by atomic mass is 32.2. The van der Waals surface area contributed by atoms with E-state index in [0.717, 1.165) is 6.26 Å². The van der Waals surface area contributed by atoms with Crippen LogP contribution in [0.1, 0.15) is 6.42 Å². The molecule has 0 spiro atoms. The zero-order valence-corrected chi connectivity index (χ0v) is 7.57. The Balaban J connectivity index is 2.94. The molecule has 1 saturated carbocycles. The van der Waals surface area contributed by atoms with Gasteiger partial charge in [-0.15, -0.1) is 0 Å². The number of halogens is 2. The molecule has 1 unspecified atom stereocenters. The van der Waals surface area contributed by atoms with E-state index in [-0.39, 0.29) is 0 Å². The lowest BCUT2D eigenvalue weighted by atomic mass is 10.1. The van der Waals surface area contributed by atoms with Gasteiger partial charge in [0.05, 0.1) is 5.75 Å². The van der Waals surface area contributed by atoms with Crippen LogP contribution in [0.4, 0.5) is 8.78 Å². The van der Waals surface area contributed by atoms with E-state index >= 15 is 0 Å². The minimum atomic E-state index is -3.70. The molecule has 0 amide bonds. The average Bonchev–Trinajstić information content (AvgIpc) is 2.30. The fraction of sp³-hybridized carbons (Fsp3) is 0.833. The lowest BCUT2D eigenvalue weighted by molar-refractivity contribution is -0.146. The third kappa shape index (κ3) is 1.65. The summed E-state index contributed by atoms with van der Waals surface area (Å²) in [6.45, 7) is 0. The molecule has 0 aromatic heterocycles. The Morgan fingerprint density at radius 1 is 1.54 bits per heavy atom. The summed E-state index contributed by atoms with van der Waals surface area (Å²) in [4.78, 5) is 10.4. The molecular formula is C6H8F2O4S. The standard InChI is InChI=1S/C6H8F2O4S/c1-13(11,12)3-5(4(9)10)2-6(5,7)8/h2-3H2,1H3,(H,9,10). The van der Waals surface area contributed by atoms with Gasteiger partial charge in [-0.3, -0.25) is 4.79 Å². The Morgan fingerprint density at radius 2 is 1.92 bits per heavy atom. The smallest absolute Gasteiger partial charge is 0.317 e. The van der Waals surface area contributed by atoms with Gasteiger partial charge in [-0.25, -0.2) is 17.2 Å². The zero-order chi connectivity index (χ0) is 10.5. The van der Waals surface area contributed by atoms with Crippen molar-refractivity contribution in [2.24, 2.45) is 5.41 Å². The van der Waals surface area contributed by atoms with Crippen molar-refractivity contribution in [1.29, 1.82) is 0 Å². The van der Waals surface area contributed by atoms with Gasteiger partial charge in [-0.1, -0.05) is 0 Å². The fourth-order valence-electron chi connectivity index (χ4n) is 1.23. The van der Waals surface area contributed by atoms with E-state index in [0.29, 0.717) is 0 Å². The summed E-state index contributed by atoms with van der Waals surface area (Å²) in [5, 5.41) is 8.46. The van der Waals surface area contributed by atoms with Crippen LogP contribution >= 0.6 is 0 Å². The third-order valence-electron chi connectivity index (χ3n) is 2.02. The molecule has 4 nitrogen and oxygen atoms in total. The van der Waals surface area contributed by atoms with E-state index in [9.17, 15) is 22.0 Å². The molecule has 0 bridgehead atoms. The van der Waals surface area contributed by atoms with Gasteiger partial charge in [0.1, 0.15) is 9.84 Å². The van der Waals surface area contributed by atoms with Crippen LogP contribution in [0, 0.1) is 5.41 Å². The Labute approximate surface area is 73.5 Å². The van der Waals surface area contributed by atoms with Gasteiger partial charge in [0.25, 0.3) is 5.92 Å². The van der Waals surface area contributed by atoms with Crippen LogP contribution in [0.15, 0.2) is 0 Å². The summed E-state index contributed by atoms with van der Waals surface area (Å²) in [7, 11) is -3.70. The first kappa shape index (κ1) is 10.4. The maximum Gasteiger partial charge on any atom is 0.317 e. The number of rotatable bonds is 3. The Hall–Kier alpha value is -0.720. The second-order valence-electron chi connectivity index (χ2n) is 3.34. The van der Waals surface area contributed by atoms with Gasteiger partial charge in [-0.05, 0) is 0 Å². The highest BCUT2D eigenvalue weighted by Crippen LogP contribution is 2.61. The molecule has 1 rings (SSSR count). The molecule has 1 aliphatic rings. The van der Waals surface area contributed by atoms with Crippen molar-refractivity contribution in [3.8, 4) is 0 Å². The molecule has 0 aromatic carbocycles. The van der Waals surface area contributed by atoms with Crippen LogP contribution in [0.5, 0.6) is 0 Å². The average molecular weight is 214 g/mol. The van der Waals surface area contributed by atoms with Gasteiger partial charge in [-0.2, -0.15) is 0 Å². The number of hydrogen-bond donors (Lipinski definition) is 1. The molecule has 1 N–H and O–H groups in total. The first-order valence-corrected chi connectivity index (χ1v) is 5.46. The van der Waals surface area contributed by atoms with Crippen molar-refractivity contribution in [3.63, 3.8) is 0 Å². The lowest BCUT2D eigenvalue weighted by Gasteiger charge is -2.08. The molecule has 1 atom stereocenters. The van der Waals surface area contributed by atoms with Gasteiger partial charge < -0.3 is 5.11 Å². The number of hydrogen-bond acceptors (Lipinski definition) is 3. The minimum Gasteiger partial charge on any atom is -0.481 e. The van der Waals surface area contributed by atoms with Crippen LogP contribution in [0.25, 0.3) is 0 Å². The van der Waals surface area contributed by atoms with Crippen molar-refractivity contribution in [3.05, 3.63) is 0 Å². The van der Waals surface area contributed by atoms with Gasteiger partial charge in [0.2, 0.25) is 0 Å². The molecule has 7 heteroatoms. The van der Waals surface area contributed by atoms with Crippen molar-refractivity contribution >= 4 is 15.8 Å². The summed E-state index contributed by atoms with van der Waals surface area (Å²) in [5.74, 6) is -6.13. The van der Waals surface area contributed by atoms with Crippen LogP contribution in [0.2, 0.25) is 0 Å². The maximum absolute atomic E-state index is 12.6. The second kappa shape index (κ2) is 2.40. The van der Waals surface area contributed by atoms with Crippen LogP contribution in [-0.4, -0.2) is 37.4 Å². The maximum atomic E-state index is 12.6. The number of sulfone groups is 1. The van der Waals surface area contributed by atoms with Gasteiger partial charge >= 0.3 is 5.97 Å². The lowest BCUT2D eigenvalue weighted by Crippen LogP contribution is -2.30. The summed E-state index contributed by atoms with van der Waals surface area (Å²) < 4.78 is 46.5. The highest BCUT2D eigenvalue weighted by Gasteiger charge is 2.77.